The predicted molar refractivity (Wildman–Crippen MR) is 148 cm³/mol. The van der Waals surface area contributed by atoms with Crippen molar-refractivity contribution < 1.29 is 47.4 Å². The van der Waals surface area contributed by atoms with E-state index in [9.17, 15) is 4.79 Å². The van der Waals surface area contributed by atoms with Gasteiger partial charge in [0.05, 0.1) is 56.4 Å². The minimum Gasteiger partial charge on any atom is -0.493 e. The van der Waals surface area contributed by atoms with E-state index in [0.717, 1.165) is 36.0 Å². The van der Waals surface area contributed by atoms with E-state index in [1.807, 2.05) is 24.3 Å². The van der Waals surface area contributed by atoms with Gasteiger partial charge >= 0.3 is 5.97 Å². The number of hydrogen-bond acceptors (Lipinski definition) is 10. The van der Waals surface area contributed by atoms with Gasteiger partial charge in [-0.05, 0) is 66.6 Å². The Balaban J connectivity index is 2.10. The van der Waals surface area contributed by atoms with Crippen molar-refractivity contribution >= 4 is 5.97 Å². The minimum atomic E-state index is -0.468. The molecular weight excluding hydrogens is 520 g/mol. The molecule has 0 amide bonds. The molecule has 0 bridgehead atoms. The van der Waals surface area contributed by atoms with Crippen LogP contribution in [-0.4, -0.2) is 75.2 Å². The number of esters is 1. The highest BCUT2D eigenvalue weighted by atomic mass is 16.7. The normalized spacial score (nSPS) is 15.5. The highest BCUT2D eigenvalue weighted by Gasteiger charge is 2.23. The van der Waals surface area contributed by atoms with Crippen molar-refractivity contribution in [3.05, 3.63) is 46.5 Å². The van der Waals surface area contributed by atoms with Gasteiger partial charge in [-0.1, -0.05) is 0 Å². The van der Waals surface area contributed by atoms with E-state index in [2.05, 4.69) is 0 Å². The quantitative estimate of drug-likeness (QED) is 0.242. The number of benzene rings is 2. The fourth-order valence-electron chi connectivity index (χ4n) is 4.67. The van der Waals surface area contributed by atoms with Gasteiger partial charge < -0.3 is 42.6 Å². The second-order valence-corrected chi connectivity index (χ2v) is 9.10. The van der Waals surface area contributed by atoms with E-state index in [4.69, 9.17) is 42.6 Å². The van der Waals surface area contributed by atoms with E-state index < -0.39 is 5.97 Å². The zero-order chi connectivity index (χ0) is 29.1. The molecule has 0 saturated carbocycles. The van der Waals surface area contributed by atoms with Gasteiger partial charge in [-0.25, -0.2) is 4.79 Å². The van der Waals surface area contributed by atoms with Gasteiger partial charge in [-0.3, -0.25) is 0 Å². The van der Waals surface area contributed by atoms with Crippen molar-refractivity contribution in [2.45, 2.75) is 38.4 Å². The van der Waals surface area contributed by atoms with Gasteiger partial charge in [0.1, 0.15) is 0 Å². The molecule has 0 spiro atoms. The summed E-state index contributed by atoms with van der Waals surface area (Å²) < 4.78 is 50.3. The van der Waals surface area contributed by atoms with E-state index in [1.165, 1.54) is 7.11 Å². The van der Waals surface area contributed by atoms with Crippen molar-refractivity contribution in [2.24, 2.45) is 0 Å². The Morgan fingerprint density at radius 2 is 1.23 bits per heavy atom. The van der Waals surface area contributed by atoms with Crippen LogP contribution in [0.4, 0.5) is 0 Å². The Kier molecular flexibility index (Phi) is 11.8. The number of hydrogen-bond donors (Lipinski definition) is 0. The van der Waals surface area contributed by atoms with Gasteiger partial charge in [-0.2, -0.15) is 0 Å². The molecule has 1 saturated heterocycles. The summed E-state index contributed by atoms with van der Waals surface area (Å²) in [6, 6.07) is 7.33. The second-order valence-electron chi connectivity index (χ2n) is 9.10. The Hall–Kier alpha value is -3.63. The van der Waals surface area contributed by atoms with Crippen LogP contribution in [0.3, 0.4) is 0 Å². The maximum Gasteiger partial charge on any atom is 0.334 e. The van der Waals surface area contributed by atoms with Crippen molar-refractivity contribution in [3.8, 4) is 34.5 Å². The van der Waals surface area contributed by atoms with Crippen LogP contribution in [-0.2, 0) is 31.8 Å². The first kappa shape index (κ1) is 30.9. The van der Waals surface area contributed by atoms with Gasteiger partial charge in [0.25, 0.3) is 0 Å². The van der Waals surface area contributed by atoms with E-state index in [0.29, 0.717) is 53.1 Å². The SMILES string of the molecule is COC(=O)/C(Cc1cc(OC)c(OC)c(OC)c1)=C(\COC1CCCCO1)Cc1cc(OC)c(OC)c(OC)c1. The van der Waals surface area contributed by atoms with Crippen LogP contribution in [0.15, 0.2) is 35.4 Å². The van der Waals surface area contributed by atoms with Crippen LogP contribution in [0.1, 0.15) is 30.4 Å². The fraction of sp³-hybridized carbons (Fsp3) is 0.500. The Morgan fingerprint density at radius 1 is 0.725 bits per heavy atom. The summed E-state index contributed by atoms with van der Waals surface area (Å²) in [6.07, 6.45) is 3.06. The highest BCUT2D eigenvalue weighted by molar-refractivity contribution is 5.90. The molecular formula is C30H40O10. The summed E-state index contributed by atoms with van der Waals surface area (Å²) in [4.78, 5) is 13.3. The van der Waals surface area contributed by atoms with E-state index >= 15 is 0 Å². The predicted octanol–water partition coefficient (Wildman–Crippen LogP) is 4.54. The number of carbonyl (C=O) groups excluding carboxylic acids is 1. The molecule has 1 aliphatic heterocycles. The molecule has 1 atom stereocenters. The lowest BCUT2D eigenvalue weighted by molar-refractivity contribution is -0.157. The summed E-state index contributed by atoms with van der Waals surface area (Å²) in [5.41, 5.74) is 2.78. The summed E-state index contributed by atoms with van der Waals surface area (Å²) in [5, 5.41) is 0. The molecule has 220 valence electrons. The summed E-state index contributed by atoms with van der Waals surface area (Å²) in [7, 11) is 10.7. The average Bonchev–Trinajstić information content (AvgIpc) is 3.00. The number of methoxy groups -OCH3 is 7. The first-order valence-corrected chi connectivity index (χ1v) is 13.0. The average molecular weight is 561 g/mol. The Bertz CT molecular complexity index is 1120. The molecule has 0 aromatic heterocycles. The monoisotopic (exact) mass is 560 g/mol. The lowest BCUT2D eigenvalue weighted by Crippen LogP contribution is -2.24. The number of rotatable bonds is 14. The second kappa shape index (κ2) is 15.2. The zero-order valence-corrected chi connectivity index (χ0v) is 24.4. The standard InChI is InChI=1S/C30H40O10/c1-32-23-14-19(15-24(33-2)28(23)36-5)12-21(18-40-27-10-8-9-11-39-27)22(30(31)38-7)13-20-16-25(34-3)29(37-6)26(17-20)35-4/h14-17,27H,8-13,18H2,1-7H3/b22-21-. The highest BCUT2D eigenvalue weighted by Crippen LogP contribution is 2.40. The number of ether oxygens (including phenoxy) is 9. The summed E-state index contributed by atoms with van der Waals surface area (Å²) in [5.74, 6) is 2.47. The van der Waals surface area contributed by atoms with E-state index in [-0.39, 0.29) is 19.3 Å². The maximum atomic E-state index is 13.3. The molecule has 0 N–H and O–H groups in total. The lowest BCUT2D eigenvalue weighted by Gasteiger charge is -2.24. The summed E-state index contributed by atoms with van der Waals surface area (Å²) in [6.45, 7) is 0.808. The molecule has 10 nitrogen and oxygen atoms in total. The Morgan fingerprint density at radius 3 is 1.62 bits per heavy atom. The molecule has 10 heteroatoms. The molecule has 3 rings (SSSR count). The van der Waals surface area contributed by atoms with Crippen molar-refractivity contribution in [3.63, 3.8) is 0 Å². The molecule has 1 fully saturated rings. The molecule has 40 heavy (non-hydrogen) atoms. The van der Waals surface area contributed by atoms with Crippen LogP contribution < -0.4 is 28.4 Å². The first-order valence-electron chi connectivity index (χ1n) is 13.0. The number of carbonyl (C=O) groups is 1. The van der Waals surface area contributed by atoms with Crippen LogP contribution in [0.2, 0.25) is 0 Å². The van der Waals surface area contributed by atoms with Crippen molar-refractivity contribution in [2.75, 3.05) is 63.0 Å². The van der Waals surface area contributed by atoms with Gasteiger partial charge in [-0.15, -0.1) is 0 Å². The smallest absolute Gasteiger partial charge is 0.334 e. The lowest BCUT2D eigenvalue weighted by atomic mass is 9.94. The largest absolute Gasteiger partial charge is 0.493 e. The van der Waals surface area contributed by atoms with Crippen molar-refractivity contribution in [1.82, 2.24) is 0 Å². The summed E-state index contributed by atoms with van der Waals surface area (Å²) >= 11 is 0. The minimum absolute atomic E-state index is 0.163. The van der Waals surface area contributed by atoms with Crippen molar-refractivity contribution in [1.29, 1.82) is 0 Å². The van der Waals surface area contributed by atoms with Crippen LogP contribution in [0, 0.1) is 0 Å². The fourth-order valence-corrected chi connectivity index (χ4v) is 4.67. The third-order valence-electron chi connectivity index (χ3n) is 6.69. The molecule has 2 aromatic rings. The molecule has 0 radical (unpaired) electrons. The van der Waals surface area contributed by atoms with Gasteiger partial charge in [0.15, 0.2) is 29.3 Å². The molecule has 2 aromatic carbocycles. The zero-order valence-electron chi connectivity index (χ0n) is 24.4. The van der Waals surface area contributed by atoms with Crippen LogP contribution >= 0.6 is 0 Å². The third-order valence-corrected chi connectivity index (χ3v) is 6.69. The van der Waals surface area contributed by atoms with Gasteiger partial charge in [0, 0.05) is 18.6 Å². The van der Waals surface area contributed by atoms with Crippen LogP contribution in [0.5, 0.6) is 34.5 Å². The van der Waals surface area contributed by atoms with Crippen LogP contribution in [0.25, 0.3) is 0 Å². The topological polar surface area (TPSA) is 100 Å². The Labute approximate surface area is 236 Å². The maximum absolute atomic E-state index is 13.3. The van der Waals surface area contributed by atoms with Gasteiger partial charge in [0.2, 0.25) is 11.5 Å². The molecule has 1 aliphatic rings. The van der Waals surface area contributed by atoms with E-state index in [1.54, 1.807) is 42.7 Å². The first-order chi connectivity index (χ1) is 19.4. The molecule has 1 heterocycles. The molecule has 1 unspecified atom stereocenters. The third kappa shape index (κ3) is 7.51. The molecule has 0 aliphatic carbocycles.